The molecule has 8 heteroatoms. The molecule has 0 radical (unpaired) electrons. The third-order valence-corrected chi connectivity index (χ3v) is 5.24. The first kappa shape index (κ1) is 21.3. The highest BCUT2D eigenvalue weighted by Gasteiger charge is 2.22. The third kappa shape index (κ3) is 4.54. The van der Waals surface area contributed by atoms with E-state index in [0.717, 1.165) is 11.3 Å². The molecule has 32 heavy (non-hydrogen) atoms. The average molecular weight is 431 g/mol. The molecular formula is C24H25N5O3. The number of nitrogens with zero attached hydrogens (tertiary/aromatic N) is 3. The summed E-state index contributed by atoms with van der Waals surface area (Å²) in [5.41, 5.74) is 3.04. The number of pyridine rings is 1. The number of H-pyrrole nitrogens is 1. The molecular weight excluding hydrogens is 406 g/mol. The number of aromatic amines is 1. The zero-order chi connectivity index (χ0) is 22.7. The van der Waals surface area contributed by atoms with E-state index < -0.39 is 6.04 Å². The van der Waals surface area contributed by atoms with Gasteiger partial charge in [-0.3, -0.25) is 19.7 Å². The fourth-order valence-electron chi connectivity index (χ4n) is 3.56. The molecule has 1 aromatic carbocycles. The summed E-state index contributed by atoms with van der Waals surface area (Å²) in [5, 5.41) is 6.08. The minimum absolute atomic E-state index is 0.0402. The van der Waals surface area contributed by atoms with Gasteiger partial charge in [0.2, 0.25) is 5.91 Å². The van der Waals surface area contributed by atoms with Crippen LogP contribution >= 0.6 is 0 Å². The molecule has 2 N–H and O–H groups in total. The highest BCUT2D eigenvalue weighted by atomic mass is 16.5. The van der Waals surface area contributed by atoms with Crippen LogP contribution in [0, 0.1) is 5.92 Å². The van der Waals surface area contributed by atoms with Crippen molar-refractivity contribution in [2.24, 2.45) is 5.92 Å². The van der Waals surface area contributed by atoms with Crippen LogP contribution in [0.3, 0.4) is 0 Å². The lowest BCUT2D eigenvalue weighted by atomic mass is 10.00. The normalized spacial score (nSPS) is 12.1. The second-order valence-corrected chi connectivity index (χ2v) is 7.91. The van der Waals surface area contributed by atoms with Gasteiger partial charge in [0.05, 0.1) is 36.7 Å². The highest BCUT2D eigenvalue weighted by molar-refractivity contribution is 5.79. The molecule has 0 unspecified atom stereocenters. The predicted octanol–water partition coefficient (Wildman–Crippen LogP) is 3.15. The molecule has 0 saturated heterocycles. The predicted molar refractivity (Wildman–Crippen MR) is 121 cm³/mol. The van der Waals surface area contributed by atoms with Gasteiger partial charge < -0.3 is 10.1 Å². The van der Waals surface area contributed by atoms with Gasteiger partial charge >= 0.3 is 0 Å². The van der Waals surface area contributed by atoms with Crippen molar-refractivity contribution in [1.82, 2.24) is 24.9 Å². The number of hydrogen-bond acceptors (Lipinski definition) is 5. The smallest absolute Gasteiger partial charge is 0.272 e. The van der Waals surface area contributed by atoms with Crippen molar-refractivity contribution in [1.29, 1.82) is 0 Å². The Labute approximate surface area is 185 Å². The molecule has 0 spiro atoms. The van der Waals surface area contributed by atoms with E-state index in [4.69, 9.17) is 4.74 Å². The van der Waals surface area contributed by atoms with Crippen molar-refractivity contribution in [2.45, 2.75) is 26.3 Å². The maximum absolute atomic E-state index is 12.8. The van der Waals surface area contributed by atoms with Gasteiger partial charge in [-0.15, -0.1) is 0 Å². The fourth-order valence-corrected chi connectivity index (χ4v) is 3.56. The lowest BCUT2D eigenvalue weighted by Gasteiger charge is -2.22. The first-order valence-corrected chi connectivity index (χ1v) is 10.4. The van der Waals surface area contributed by atoms with Crippen LogP contribution in [0.5, 0.6) is 5.75 Å². The summed E-state index contributed by atoms with van der Waals surface area (Å²) in [6.45, 7) is 3.97. The molecule has 4 aromatic rings. The number of rotatable bonds is 7. The first-order chi connectivity index (χ1) is 15.4. The second kappa shape index (κ2) is 9.05. The molecule has 0 aliphatic carbocycles. The molecule has 8 nitrogen and oxygen atoms in total. The van der Waals surface area contributed by atoms with Crippen LogP contribution in [0.15, 0.2) is 65.6 Å². The number of methoxy groups -OCH3 is 1. The van der Waals surface area contributed by atoms with E-state index >= 15 is 0 Å². The number of hydrogen-bond donors (Lipinski definition) is 2. The lowest BCUT2D eigenvalue weighted by Crippen LogP contribution is -2.34. The minimum Gasteiger partial charge on any atom is -0.497 e. The summed E-state index contributed by atoms with van der Waals surface area (Å²) in [6, 6.07) is 15.8. The molecule has 4 rings (SSSR count). The minimum atomic E-state index is -0.397. The van der Waals surface area contributed by atoms with Crippen molar-refractivity contribution >= 4 is 11.6 Å². The Morgan fingerprint density at radius 1 is 1.16 bits per heavy atom. The highest BCUT2D eigenvalue weighted by Crippen LogP contribution is 2.22. The SMILES string of the molecule is COc1ccc(CC(=O)N[C@@H](c2cc(=O)n3[nH]c(-c4ccccn4)cc3n2)C(C)C)cc1. The van der Waals surface area contributed by atoms with E-state index in [1.807, 2.05) is 56.3 Å². The molecule has 3 heterocycles. The number of benzene rings is 1. The molecule has 164 valence electrons. The Morgan fingerprint density at radius 3 is 2.59 bits per heavy atom. The summed E-state index contributed by atoms with van der Waals surface area (Å²) < 4.78 is 6.54. The number of fused-ring (bicyclic) bond motifs is 1. The second-order valence-electron chi connectivity index (χ2n) is 7.91. The topological polar surface area (TPSA) is 101 Å². The summed E-state index contributed by atoms with van der Waals surface area (Å²) in [6.07, 6.45) is 1.91. The zero-order valence-electron chi connectivity index (χ0n) is 18.2. The molecule has 1 amide bonds. The monoisotopic (exact) mass is 431 g/mol. The Morgan fingerprint density at radius 2 is 1.94 bits per heavy atom. The number of carbonyl (C=O) groups excluding carboxylic acids is 1. The van der Waals surface area contributed by atoms with Crippen molar-refractivity contribution in [3.63, 3.8) is 0 Å². The summed E-state index contributed by atoms with van der Waals surface area (Å²) in [5.74, 6) is 0.640. The van der Waals surface area contributed by atoms with E-state index in [1.54, 1.807) is 19.4 Å². The number of amides is 1. The molecule has 0 bridgehead atoms. The largest absolute Gasteiger partial charge is 0.497 e. The van der Waals surface area contributed by atoms with E-state index in [1.165, 1.54) is 10.6 Å². The Balaban J connectivity index is 1.59. The van der Waals surface area contributed by atoms with Crippen LogP contribution in [0.2, 0.25) is 0 Å². The van der Waals surface area contributed by atoms with Gasteiger partial charge in [-0.25, -0.2) is 9.50 Å². The van der Waals surface area contributed by atoms with Gasteiger partial charge in [0.15, 0.2) is 5.65 Å². The van der Waals surface area contributed by atoms with Gasteiger partial charge in [0.25, 0.3) is 5.56 Å². The maximum atomic E-state index is 12.8. The van der Waals surface area contributed by atoms with E-state index in [0.29, 0.717) is 22.7 Å². The Kier molecular flexibility index (Phi) is 6.02. The number of nitrogens with one attached hydrogen (secondary N) is 2. The molecule has 1 atom stereocenters. The molecule has 0 fully saturated rings. The molecule has 3 aromatic heterocycles. The van der Waals surface area contributed by atoms with Crippen molar-refractivity contribution in [2.75, 3.05) is 7.11 Å². The van der Waals surface area contributed by atoms with Crippen LogP contribution in [0.25, 0.3) is 17.0 Å². The first-order valence-electron chi connectivity index (χ1n) is 10.4. The van der Waals surface area contributed by atoms with Crippen LogP contribution in [0.4, 0.5) is 0 Å². The van der Waals surface area contributed by atoms with Crippen LogP contribution in [-0.4, -0.2) is 32.6 Å². The van der Waals surface area contributed by atoms with Gasteiger partial charge in [-0.2, -0.15) is 0 Å². The van der Waals surface area contributed by atoms with Crippen LogP contribution < -0.4 is 15.6 Å². The van der Waals surface area contributed by atoms with E-state index in [-0.39, 0.29) is 23.8 Å². The zero-order valence-corrected chi connectivity index (χ0v) is 18.2. The summed E-state index contributed by atoms with van der Waals surface area (Å²) in [4.78, 5) is 34.4. The fraction of sp³-hybridized carbons (Fsp3) is 0.250. The standard InChI is InChI=1S/C24H25N5O3/c1-15(2)24(27-22(30)12-16-7-9-17(32-3)10-8-16)20-14-23(31)29-21(26-20)13-19(28-29)18-6-4-5-11-25-18/h4-11,13-15,24,28H,12H2,1-3H3,(H,27,30)/t24-/m1/s1. The van der Waals surface area contributed by atoms with Crippen molar-refractivity contribution < 1.29 is 9.53 Å². The number of carbonyl (C=O) groups is 1. The summed E-state index contributed by atoms with van der Waals surface area (Å²) >= 11 is 0. The molecule has 0 aliphatic heterocycles. The lowest BCUT2D eigenvalue weighted by molar-refractivity contribution is -0.121. The third-order valence-electron chi connectivity index (χ3n) is 5.24. The van der Waals surface area contributed by atoms with Crippen molar-refractivity contribution in [3.8, 4) is 17.1 Å². The maximum Gasteiger partial charge on any atom is 0.272 e. The van der Waals surface area contributed by atoms with Gasteiger partial charge in [0, 0.05) is 18.3 Å². The molecule has 0 saturated carbocycles. The average Bonchev–Trinajstić information content (AvgIpc) is 3.23. The number of aromatic nitrogens is 4. The Bertz CT molecular complexity index is 1280. The van der Waals surface area contributed by atoms with Gasteiger partial charge in [-0.1, -0.05) is 32.0 Å². The molecule has 0 aliphatic rings. The van der Waals surface area contributed by atoms with E-state index in [2.05, 4.69) is 20.4 Å². The Hall–Kier alpha value is -3.94. The number of ether oxygens (including phenoxy) is 1. The van der Waals surface area contributed by atoms with Gasteiger partial charge in [0.1, 0.15) is 5.75 Å². The van der Waals surface area contributed by atoms with Crippen molar-refractivity contribution in [3.05, 3.63) is 82.4 Å². The quantitative estimate of drug-likeness (QED) is 0.468. The van der Waals surface area contributed by atoms with Gasteiger partial charge in [-0.05, 0) is 35.7 Å². The van der Waals surface area contributed by atoms with E-state index in [9.17, 15) is 9.59 Å². The van der Waals surface area contributed by atoms with Crippen LogP contribution in [-0.2, 0) is 11.2 Å². The van der Waals surface area contributed by atoms with Crippen LogP contribution in [0.1, 0.15) is 31.1 Å². The summed E-state index contributed by atoms with van der Waals surface area (Å²) in [7, 11) is 1.60.